The Bertz CT molecular complexity index is 616. The zero-order valence-corrected chi connectivity index (χ0v) is 13.2. The van der Waals surface area contributed by atoms with Crippen molar-refractivity contribution in [1.82, 2.24) is 0 Å². The van der Waals surface area contributed by atoms with Crippen LogP contribution in [0.5, 0.6) is 0 Å². The first-order chi connectivity index (χ1) is 10.2. The van der Waals surface area contributed by atoms with Gasteiger partial charge in [0.05, 0.1) is 0 Å². The summed E-state index contributed by atoms with van der Waals surface area (Å²) in [5.74, 6) is 0. The van der Waals surface area contributed by atoms with Crippen molar-refractivity contribution < 1.29 is 4.92 Å². The van der Waals surface area contributed by atoms with Gasteiger partial charge in [0.15, 0.2) is 0 Å². The zero-order chi connectivity index (χ0) is 14.7. The van der Waals surface area contributed by atoms with Crippen molar-refractivity contribution in [2.45, 2.75) is 11.2 Å². The number of anilines is 1. The third-order valence-corrected chi connectivity index (χ3v) is 6.27. The van der Waals surface area contributed by atoms with Crippen LogP contribution in [0.2, 0.25) is 4.82 Å². The van der Waals surface area contributed by atoms with E-state index in [0.717, 1.165) is 23.6 Å². The quantitative estimate of drug-likeness (QED) is 0.485. The molecule has 5 heteroatoms. The Morgan fingerprint density at radius 2 is 1.81 bits per heavy atom. The molecule has 2 aromatic carbocycles. The molecule has 0 bridgehead atoms. The van der Waals surface area contributed by atoms with Crippen LogP contribution >= 0.6 is 0 Å². The topological polar surface area (TPSA) is 46.4 Å². The Morgan fingerprint density at radius 3 is 2.48 bits per heavy atom. The first kappa shape index (κ1) is 14.1. The van der Waals surface area contributed by atoms with Crippen LogP contribution in [0, 0.1) is 10.1 Å². The number of nitro benzene ring substituents is 1. The number of nitro groups is 1. The van der Waals surface area contributed by atoms with Gasteiger partial charge in [0.25, 0.3) is 0 Å². The second kappa shape index (κ2) is 6.29. The molecular weight excluding hydrogens is 331 g/mol. The van der Waals surface area contributed by atoms with Gasteiger partial charge in [-0.05, 0) is 0 Å². The summed E-state index contributed by atoms with van der Waals surface area (Å²) in [6.07, 6.45) is 1.20. The van der Waals surface area contributed by atoms with Crippen molar-refractivity contribution in [2.24, 2.45) is 0 Å². The Hall–Kier alpha value is -1.84. The molecule has 0 radical (unpaired) electrons. The van der Waals surface area contributed by atoms with Crippen molar-refractivity contribution in [3.63, 3.8) is 0 Å². The van der Waals surface area contributed by atoms with E-state index in [1.807, 2.05) is 12.1 Å². The predicted octanol–water partition coefficient (Wildman–Crippen LogP) is 2.62. The molecule has 4 nitrogen and oxygen atoms in total. The number of rotatable bonds is 4. The van der Waals surface area contributed by atoms with Gasteiger partial charge in [-0.2, -0.15) is 0 Å². The minimum atomic E-state index is -0.352. The molecule has 2 aromatic rings. The molecule has 1 aliphatic heterocycles. The maximum atomic E-state index is 10.7. The van der Waals surface area contributed by atoms with Gasteiger partial charge in [-0.15, -0.1) is 0 Å². The fourth-order valence-corrected chi connectivity index (χ4v) is 5.00. The predicted molar refractivity (Wildman–Crippen MR) is 85.5 cm³/mol. The van der Waals surface area contributed by atoms with E-state index >= 15 is 0 Å². The van der Waals surface area contributed by atoms with E-state index in [0.29, 0.717) is 15.0 Å². The van der Waals surface area contributed by atoms with Crippen molar-refractivity contribution in [3.05, 3.63) is 64.7 Å². The molecule has 108 valence electrons. The summed E-state index contributed by atoms with van der Waals surface area (Å²) >= 11 is 0.497. The van der Waals surface area contributed by atoms with Gasteiger partial charge in [0.1, 0.15) is 0 Å². The Balaban J connectivity index is 1.62. The molecule has 1 atom stereocenters. The third-order valence-electron chi connectivity index (χ3n) is 3.62. The van der Waals surface area contributed by atoms with Gasteiger partial charge in [0.2, 0.25) is 0 Å². The molecule has 1 heterocycles. The van der Waals surface area contributed by atoms with Crippen LogP contribution in [0.3, 0.4) is 0 Å². The van der Waals surface area contributed by atoms with Crippen LogP contribution in [0.4, 0.5) is 11.4 Å². The van der Waals surface area contributed by atoms with Crippen LogP contribution < -0.4 is 9.36 Å². The van der Waals surface area contributed by atoms with Crippen LogP contribution in [-0.2, 0) is 0 Å². The number of benzene rings is 2. The first-order valence-electron chi connectivity index (χ1n) is 6.93. The average molecular weight is 347 g/mol. The molecule has 0 aromatic heterocycles. The molecule has 0 saturated carbocycles. The summed E-state index contributed by atoms with van der Waals surface area (Å²) in [5.41, 5.74) is 1.25. The van der Waals surface area contributed by atoms with E-state index in [4.69, 9.17) is 0 Å². The molecule has 0 amide bonds. The molecule has 1 fully saturated rings. The van der Waals surface area contributed by atoms with Crippen LogP contribution in [0.1, 0.15) is 6.42 Å². The molecule has 21 heavy (non-hydrogen) atoms. The monoisotopic (exact) mass is 348 g/mol. The molecule has 1 unspecified atom stereocenters. The maximum absolute atomic E-state index is 10.7. The second-order valence-electron chi connectivity index (χ2n) is 5.06. The molecule has 3 rings (SSSR count). The second-order valence-corrected chi connectivity index (χ2v) is 7.94. The molecule has 1 saturated heterocycles. The Labute approximate surface area is 130 Å². The fraction of sp³-hybridized carbons (Fsp3) is 0.250. The molecule has 1 aliphatic rings. The summed E-state index contributed by atoms with van der Waals surface area (Å²) < 4.78 is 1.44. The van der Waals surface area contributed by atoms with Gasteiger partial charge in [-0.25, -0.2) is 0 Å². The summed E-state index contributed by atoms with van der Waals surface area (Å²) in [6, 6.07) is 17.5. The van der Waals surface area contributed by atoms with Gasteiger partial charge < -0.3 is 0 Å². The van der Waals surface area contributed by atoms with E-state index < -0.39 is 0 Å². The van der Waals surface area contributed by atoms with Crippen LogP contribution in [0.15, 0.2) is 54.6 Å². The molecule has 0 spiro atoms. The number of nitrogens with zero attached hydrogens (tertiary/aromatic N) is 2. The van der Waals surface area contributed by atoms with Gasteiger partial charge >= 0.3 is 130 Å². The standard InChI is InChI=1S/C16H16N2O2Se/c19-18(20)14-8-6-13(7-9-14)17-11-10-16(12-17)21-15-4-2-1-3-5-15/h1-9,16H,10-12H2. The molecule has 0 N–H and O–H groups in total. The molecule has 0 aliphatic carbocycles. The number of hydrogen-bond donors (Lipinski definition) is 0. The normalized spacial score (nSPS) is 17.9. The summed E-state index contributed by atoms with van der Waals surface area (Å²) in [4.78, 5) is 13.4. The fourth-order valence-electron chi connectivity index (χ4n) is 2.54. The van der Waals surface area contributed by atoms with Crippen LogP contribution in [0.25, 0.3) is 0 Å². The van der Waals surface area contributed by atoms with E-state index in [1.54, 1.807) is 12.1 Å². The summed E-state index contributed by atoms with van der Waals surface area (Å²) in [5, 5.41) is 10.7. The van der Waals surface area contributed by atoms with Gasteiger partial charge in [-0.3, -0.25) is 0 Å². The van der Waals surface area contributed by atoms with E-state index in [-0.39, 0.29) is 10.6 Å². The Morgan fingerprint density at radius 1 is 1.10 bits per heavy atom. The molecular formula is C16H16N2O2Se. The van der Waals surface area contributed by atoms with Crippen molar-refractivity contribution in [1.29, 1.82) is 0 Å². The zero-order valence-electron chi connectivity index (χ0n) is 11.5. The van der Waals surface area contributed by atoms with E-state index in [2.05, 4.69) is 35.2 Å². The summed E-state index contributed by atoms with van der Waals surface area (Å²) in [7, 11) is 0. The van der Waals surface area contributed by atoms with E-state index in [9.17, 15) is 10.1 Å². The SMILES string of the molecule is O=[N+]([O-])c1ccc(N2CCC([Se]c3ccccc3)C2)cc1. The van der Waals surface area contributed by atoms with Crippen molar-refractivity contribution in [2.75, 3.05) is 18.0 Å². The number of non-ortho nitro benzene ring substituents is 1. The van der Waals surface area contributed by atoms with Gasteiger partial charge in [0, 0.05) is 0 Å². The van der Waals surface area contributed by atoms with Crippen LogP contribution in [-0.4, -0.2) is 33.0 Å². The Kier molecular flexibility index (Phi) is 4.23. The summed E-state index contributed by atoms with van der Waals surface area (Å²) in [6.45, 7) is 2.09. The van der Waals surface area contributed by atoms with Gasteiger partial charge in [-0.1, -0.05) is 0 Å². The average Bonchev–Trinajstić information content (AvgIpc) is 2.97. The third kappa shape index (κ3) is 3.43. The number of hydrogen-bond acceptors (Lipinski definition) is 3. The first-order valence-corrected chi connectivity index (χ1v) is 8.78. The van der Waals surface area contributed by atoms with E-state index in [1.165, 1.54) is 10.9 Å². The van der Waals surface area contributed by atoms with Crippen molar-refractivity contribution >= 4 is 30.8 Å². The minimum absolute atomic E-state index is 0.156. The van der Waals surface area contributed by atoms with Crippen molar-refractivity contribution in [3.8, 4) is 0 Å².